The van der Waals surface area contributed by atoms with E-state index >= 15 is 0 Å². The molecule has 10 nitrogen and oxygen atoms in total. The van der Waals surface area contributed by atoms with Crippen LogP contribution in [0.2, 0.25) is 0 Å². The van der Waals surface area contributed by atoms with Crippen LogP contribution in [0.4, 0.5) is 5.69 Å². The lowest BCUT2D eigenvalue weighted by Gasteiger charge is -2.40. The summed E-state index contributed by atoms with van der Waals surface area (Å²) in [5, 5.41) is 11.0. The van der Waals surface area contributed by atoms with Gasteiger partial charge in [-0.3, -0.25) is 0 Å². The van der Waals surface area contributed by atoms with Crippen molar-refractivity contribution in [2.75, 3.05) is 31.6 Å². The Morgan fingerprint density at radius 3 is 2.52 bits per heavy atom. The topological polar surface area (TPSA) is 111 Å². The SMILES string of the molecule is COC(=O)c1ccc(N2CCN(S(=O)(=O)c3cccc(-n4cnnn4)c3)C(C)C2)cc1. The molecule has 1 aromatic heterocycles. The van der Waals surface area contributed by atoms with E-state index in [1.54, 1.807) is 36.4 Å². The van der Waals surface area contributed by atoms with Gasteiger partial charge in [0.2, 0.25) is 10.0 Å². The maximum absolute atomic E-state index is 13.3. The van der Waals surface area contributed by atoms with E-state index in [0.29, 0.717) is 30.9 Å². The number of tetrazole rings is 1. The number of rotatable bonds is 5. The van der Waals surface area contributed by atoms with Gasteiger partial charge in [0.15, 0.2) is 0 Å². The highest BCUT2D eigenvalue weighted by Crippen LogP contribution is 2.26. The summed E-state index contributed by atoms with van der Waals surface area (Å²) in [5.41, 5.74) is 1.98. The molecule has 2 heterocycles. The van der Waals surface area contributed by atoms with Gasteiger partial charge in [0, 0.05) is 31.4 Å². The Morgan fingerprint density at radius 2 is 1.87 bits per heavy atom. The van der Waals surface area contributed by atoms with Crippen LogP contribution in [0.1, 0.15) is 17.3 Å². The first-order valence-corrected chi connectivity index (χ1v) is 11.1. The van der Waals surface area contributed by atoms with Crippen LogP contribution in [0.5, 0.6) is 0 Å². The Labute approximate surface area is 180 Å². The van der Waals surface area contributed by atoms with Gasteiger partial charge in [-0.15, -0.1) is 5.10 Å². The molecule has 1 aliphatic rings. The molecule has 0 spiro atoms. The number of sulfonamides is 1. The third-order valence-electron chi connectivity index (χ3n) is 5.26. The minimum atomic E-state index is -3.69. The van der Waals surface area contributed by atoms with Crippen molar-refractivity contribution in [3.05, 3.63) is 60.4 Å². The quantitative estimate of drug-likeness (QED) is 0.545. The summed E-state index contributed by atoms with van der Waals surface area (Å²) in [4.78, 5) is 13.9. The van der Waals surface area contributed by atoms with E-state index in [-0.39, 0.29) is 16.9 Å². The van der Waals surface area contributed by atoms with Gasteiger partial charge < -0.3 is 9.64 Å². The normalized spacial score (nSPS) is 17.5. The van der Waals surface area contributed by atoms with Crippen molar-refractivity contribution >= 4 is 21.7 Å². The molecular formula is C20H22N6O4S. The predicted octanol–water partition coefficient (Wildman–Crippen LogP) is 1.35. The van der Waals surface area contributed by atoms with Crippen molar-refractivity contribution in [2.24, 2.45) is 0 Å². The van der Waals surface area contributed by atoms with Crippen molar-refractivity contribution < 1.29 is 17.9 Å². The smallest absolute Gasteiger partial charge is 0.337 e. The molecule has 3 aromatic rings. The number of piperazine rings is 1. The number of anilines is 1. The van der Waals surface area contributed by atoms with Crippen molar-refractivity contribution in [1.29, 1.82) is 0 Å². The van der Waals surface area contributed by atoms with Gasteiger partial charge in [-0.1, -0.05) is 6.07 Å². The summed E-state index contributed by atoms with van der Waals surface area (Å²) in [6.07, 6.45) is 1.42. The predicted molar refractivity (Wildman–Crippen MR) is 113 cm³/mol. The average molecular weight is 443 g/mol. The zero-order chi connectivity index (χ0) is 22.0. The van der Waals surface area contributed by atoms with Crippen LogP contribution in [0.25, 0.3) is 5.69 Å². The Hall–Kier alpha value is -3.31. The van der Waals surface area contributed by atoms with E-state index in [9.17, 15) is 13.2 Å². The maximum Gasteiger partial charge on any atom is 0.337 e. The van der Waals surface area contributed by atoms with E-state index in [0.717, 1.165) is 5.69 Å². The van der Waals surface area contributed by atoms with Gasteiger partial charge in [-0.2, -0.15) is 4.31 Å². The molecule has 0 N–H and O–H groups in total. The number of benzene rings is 2. The lowest BCUT2D eigenvalue weighted by Crippen LogP contribution is -2.54. The molecule has 1 unspecified atom stereocenters. The van der Waals surface area contributed by atoms with Gasteiger partial charge in [-0.25, -0.2) is 17.9 Å². The molecule has 0 radical (unpaired) electrons. The van der Waals surface area contributed by atoms with Gasteiger partial charge in [0.25, 0.3) is 0 Å². The maximum atomic E-state index is 13.3. The van der Waals surface area contributed by atoms with Crippen LogP contribution in [0.15, 0.2) is 59.8 Å². The Bertz CT molecular complexity index is 1160. The third-order valence-corrected chi connectivity index (χ3v) is 7.27. The van der Waals surface area contributed by atoms with Gasteiger partial charge >= 0.3 is 5.97 Å². The van der Waals surface area contributed by atoms with Crippen LogP contribution in [-0.2, 0) is 14.8 Å². The van der Waals surface area contributed by atoms with E-state index < -0.39 is 10.0 Å². The monoisotopic (exact) mass is 442 g/mol. The highest BCUT2D eigenvalue weighted by molar-refractivity contribution is 7.89. The minimum absolute atomic E-state index is 0.197. The van der Waals surface area contributed by atoms with Gasteiger partial charge in [0.1, 0.15) is 6.33 Å². The third kappa shape index (κ3) is 4.14. The fourth-order valence-electron chi connectivity index (χ4n) is 3.66. The second-order valence-electron chi connectivity index (χ2n) is 7.20. The zero-order valence-corrected chi connectivity index (χ0v) is 17.9. The number of esters is 1. The molecule has 2 aromatic carbocycles. The summed E-state index contributed by atoms with van der Waals surface area (Å²) < 4.78 is 34.3. The summed E-state index contributed by atoms with van der Waals surface area (Å²) >= 11 is 0. The zero-order valence-electron chi connectivity index (χ0n) is 17.1. The van der Waals surface area contributed by atoms with E-state index in [4.69, 9.17) is 4.74 Å². The summed E-state index contributed by atoms with van der Waals surface area (Å²) in [6, 6.07) is 13.4. The fourth-order valence-corrected chi connectivity index (χ4v) is 5.31. The number of methoxy groups -OCH3 is 1. The van der Waals surface area contributed by atoms with Crippen molar-refractivity contribution in [3.63, 3.8) is 0 Å². The largest absolute Gasteiger partial charge is 0.465 e. The Balaban J connectivity index is 1.51. The van der Waals surface area contributed by atoms with E-state index in [1.165, 1.54) is 22.4 Å². The molecule has 31 heavy (non-hydrogen) atoms. The standard InChI is InChI=1S/C20H22N6O4S/c1-15-13-24(17-8-6-16(7-9-17)20(27)30-2)10-11-26(15)31(28,29)19-5-3-4-18(12-19)25-14-21-22-23-25/h3-9,12,14-15H,10-11,13H2,1-2H3. The molecule has 1 fully saturated rings. The molecule has 1 saturated heterocycles. The van der Waals surface area contributed by atoms with Crippen molar-refractivity contribution in [3.8, 4) is 5.69 Å². The molecule has 1 atom stereocenters. The fraction of sp³-hybridized carbons (Fsp3) is 0.300. The number of hydrogen-bond donors (Lipinski definition) is 0. The Morgan fingerprint density at radius 1 is 1.10 bits per heavy atom. The summed E-state index contributed by atoms with van der Waals surface area (Å²) in [7, 11) is -2.34. The number of aromatic nitrogens is 4. The highest BCUT2D eigenvalue weighted by Gasteiger charge is 2.34. The molecule has 11 heteroatoms. The molecular weight excluding hydrogens is 420 g/mol. The van der Waals surface area contributed by atoms with Crippen LogP contribution in [0.3, 0.4) is 0 Å². The number of nitrogens with zero attached hydrogens (tertiary/aromatic N) is 6. The van der Waals surface area contributed by atoms with Crippen LogP contribution >= 0.6 is 0 Å². The number of hydrogen-bond acceptors (Lipinski definition) is 8. The van der Waals surface area contributed by atoms with Crippen LogP contribution < -0.4 is 4.90 Å². The van der Waals surface area contributed by atoms with E-state index in [1.807, 2.05) is 19.1 Å². The summed E-state index contributed by atoms with van der Waals surface area (Å²) in [5.74, 6) is -0.389. The minimum Gasteiger partial charge on any atom is -0.465 e. The average Bonchev–Trinajstić information content (AvgIpc) is 3.33. The number of carbonyl (C=O) groups is 1. The first-order valence-electron chi connectivity index (χ1n) is 9.69. The second kappa shape index (κ2) is 8.44. The first kappa shape index (κ1) is 20.9. The number of carbonyl (C=O) groups excluding carboxylic acids is 1. The Kier molecular flexibility index (Phi) is 5.70. The number of ether oxygens (including phenoxy) is 1. The van der Waals surface area contributed by atoms with E-state index in [2.05, 4.69) is 20.4 Å². The van der Waals surface area contributed by atoms with Crippen molar-refractivity contribution in [1.82, 2.24) is 24.5 Å². The molecule has 0 saturated carbocycles. The van der Waals surface area contributed by atoms with Crippen molar-refractivity contribution in [2.45, 2.75) is 17.9 Å². The van der Waals surface area contributed by atoms with Gasteiger partial charge in [-0.05, 0) is 59.8 Å². The molecule has 0 bridgehead atoms. The van der Waals surface area contributed by atoms with Crippen LogP contribution in [-0.4, -0.2) is 71.7 Å². The summed E-state index contributed by atoms with van der Waals surface area (Å²) in [6.45, 7) is 3.30. The van der Waals surface area contributed by atoms with Gasteiger partial charge in [0.05, 0.1) is 23.3 Å². The molecule has 0 aliphatic carbocycles. The lowest BCUT2D eigenvalue weighted by molar-refractivity contribution is 0.0600. The molecule has 0 amide bonds. The van der Waals surface area contributed by atoms with Crippen LogP contribution in [0, 0.1) is 0 Å². The molecule has 4 rings (SSSR count). The highest BCUT2D eigenvalue weighted by atomic mass is 32.2. The molecule has 1 aliphatic heterocycles. The first-order chi connectivity index (χ1) is 14.9. The second-order valence-corrected chi connectivity index (χ2v) is 9.09. The lowest BCUT2D eigenvalue weighted by atomic mass is 10.1. The molecule has 162 valence electrons.